The van der Waals surface area contributed by atoms with Crippen LogP contribution in [0.2, 0.25) is 0 Å². The van der Waals surface area contributed by atoms with Crippen LogP contribution in [-0.4, -0.2) is 53.3 Å². The van der Waals surface area contributed by atoms with Crippen molar-refractivity contribution in [3.63, 3.8) is 0 Å². The number of carbonyl (C=O) groups is 2. The van der Waals surface area contributed by atoms with Gasteiger partial charge in [-0.2, -0.15) is 0 Å². The number of alkyl carbamates (subject to hydrolysis) is 1. The lowest BCUT2D eigenvalue weighted by molar-refractivity contribution is -0.136. The highest BCUT2D eigenvalue weighted by molar-refractivity contribution is 5.79. The van der Waals surface area contributed by atoms with Crippen molar-refractivity contribution in [2.45, 2.75) is 52.3 Å². The Kier molecular flexibility index (Phi) is 6.97. The van der Waals surface area contributed by atoms with Crippen molar-refractivity contribution in [3.05, 3.63) is 30.1 Å². The van der Waals surface area contributed by atoms with Crippen LogP contribution in [0.5, 0.6) is 0 Å². The van der Waals surface area contributed by atoms with E-state index >= 15 is 0 Å². The molecule has 0 bridgehead atoms. The van der Waals surface area contributed by atoms with Crippen LogP contribution in [0, 0.1) is 5.92 Å². The van der Waals surface area contributed by atoms with E-state index < -0.39 is 11.7 Å². The smallest absolute Gasteiger partial charge is 0.407 e. The van der Waals surface area contributed by atoms with Crippen LogP contribution in [0.1, 0.15) is 39.7 Å². The van der Waals surface area contributed by atoms with Crippen LogP contribution >= 0.6 is 0 Å². The maximum atomic E-state index is 12.9. The van der Waals surface area contributed by atoms with Crippen molar-refractivity contribution in [1.29, 1.82) is 0 Å². The maximum Gasteiger partial charge on any atom is 0.407 e. The molecule has 1 aromatic heterocycles. The van der Waals surface area contributed by atoms with Gasteiger partial charge >= 0.3 is 6.09 Å². The molecule has 2 atom stereocenters. The minimum Gasteiger partial charge on any atom is -0.444 e. The summed E-state index contributed by atoms with van der Waals surface area (Å²) in [6, 6.07) is 3.54. The molecule has 1 aliphatic heterocycles. The SMILES string of the molecule is C[C@H](CN(Cc1cccnc1)C(=O)[C@@H]1CCOC1)NC(=O)OC(C)(C)C. The molecule has 1 saturated heterocycles. The molecule has 7 nitrogen and oxygen atoms in total. The summed E-state index contributed by atoms with van der Waals surface area (Å²) in [5.41, 5.74) is 0.389. The minimum absolute atomic E-state index is 0.0455. The first kappa shape index (κ1) is 20.2. The number of hydrogen-bond donors (Lipinski definition) is 1. The summed E-state index contributed by atoms with van der Waals surface area (Å²) >= 11 is 0. The van der Waals surface area contributed by atoms with Gasteiger partial charge in [-0.3, -0.25) is 9.78 Å². The van der Waals surface area contributed by atoms with E-state index in [0.29, 0.717) is 26.3 Å². The lowest BCUT2D eigenvalue weighted by atomic mass is 10.1. The maximum absolute atomic E-state index is 12.9. The predicted molar refractivity (Wildman–Crippen MR) is 97.4 cm³/mol. The molecule has 0 radical (unpaired) electrons. The van der Waals surface area contributed by atoms with Gasteiger partial charge in [0.05, 0.1) is 12.5 Å². The van der Waals surface area contributed by atoms with Crippen LogP contribution in [0.25, 0.3) is 0 Å². The Morgan fingerprint density at radius 1 is 1.46 bits per heavy atom. The third-order valence-corrected chi connectivity index (χ3v) is 3.94. The second-order valence-electron chi connectivity index (χ2n) is 7.69. The van der Waals surface area contributed by atoms with Gasteiger partial charge in [0.1, 0.15) is 5.60 Å². The van der Waals surface area contributed by atoms with Crippen LogP contribution < -0.4 is 5.32 Å². The molecule has 1 N–H and O–H groups in total. The number of hydrogen-bond acceptors (Lipinski definition) is 5. The Labute approximate surface area is 155 Å². The van der Waals surface area contributed by atoms with Gasteiger partial charge in [0.15, 0.2) is 0 Å². The van der Waals surface area contributed by atoms with Crippen molar-refractivity contribution >= 4 is 12.0 Å². The van der Waals surface area contributed by atoms with Gasteiger partial charge in [0.25, 0.3) is 0 Å². The summed E-state index contributed by atoms with van der Waals surface area (Å²) in [6.45, 7) is 9.21. The fraction of sp³-hybridized carbons (Fsp3) is 0.632. The number of rotatable bonds is 6. The highest BCUT2D eigenvalue weighted by Gasteiger charge is 2.29. The molecule has 0 aromatic carbocycles. The molecule has 7 heteroatoms. The van der Waals surface area contributed by atoms with E-state index in [1.165, 1.54) is 0 Å². The van der Waals surface area contributed by atoms with E-state index in [-0.39, 0.29) is 17.9 Å². The Morgan fingerprint density at radius 2 is 2.23 bits per heavy atom. The zero-order valence-electron chi connectivity index (χ0n) is 16.0. The molecule has 0 aliphatic carbocycles. The number of pyridine rings is 1. The summed E-state index contributed by atoms with van der Waals surface area (Å²) in [7, 11) is 0. The largest absolute Gasteiger partial charge is 0.444 e. The van der Waals surface area contributed by atoms with Crippen molar-refractivity contribution in [3.8, 4) is 0 Å². The zero-order valence-corrected chi connectivity index (χ0v) is 16.0. The fourth-order valence-corrected chi connectivity index (χ4v) is 2.82. The fourth-order valence-electron chi connectivity index (χ4n) is 2.82. The van der Waals surface area contributed by atoms with Crippen molar-refractivity contribution in [2.24, 2.45) is 5.92 Å². The number of aromatic nitrogens is 1. The second kappa shape index (κ2) is 8.98. The van der Waals surface area contributed by atoms with Gasteiger partial charge in [-0.15, -0.1) is 0 Å². The van der Waals surface area contributed by atoms with Gasteiger partial charge in [-0.25, -0.2) is 4.79 Å². The highest BCUT2D eigenvalue weighted by atomic mass is 16.6. The molecule has 1 aromatic rings. The summed E-state index contributed by atoms with van der Waals surface area (Å²) in [5, 5.41) is 2.80. The second-order valence-corrected chi connectivity index (χ2v) is 7.69. The summed E-state index contributed by atoms with van der Waals surface area (Å²) < 4.78 is 10.6. The van der Waals surface area contributed by atoms with Crippen molar-refractivity contribution in [2.75, 3.05) is 19.8 Å². The Bertz CT molecular complexity index is 595. The van der Waals surface area contributed by atoms with Crippen molar-refractivity contribution in [1.82, 2.24) is 15.2 Å². The van der Waals surface area contributed by atoms with Gasteiger partial charge in [0.2, 0.25) is 5.91 Å². The number of ether oxygens (including phenoxy) is 2. The Balaban J connectivity index is 2.00. The normalized spacial score (nSPS) is 18.2. The first-order valence-corrected chi connectivity index (χ1v) is 8.99. The lowest BCUT2D eigenvalue weighted by Crippen LogP contribution is -2.47. The van der Waals surface area contributed by atoms with E-state index in [9.17, 15) is 9.59 Å². The van der Waals surface area contributed by atoms with E-state index in [2.05, 4.69) is 10.3 Å². The number of nitrogens with zero attached hydrogens (tertiary/aromatic N) is 2. The summed E-state index contributed by atoms with van der Waals surface area (Å²) in [6.07, 6.45) is 3.70. The van der Waals surface area contributed by atoms with E-state index in [4.69, 9.17) is 9.47 Å². The highest BCUT2D eigenvalue weighted by Crippen LogP contribution is 2.18. The quantitative estimate of drug-likeness (QED) is 0.839. The standard InChI is InChI=1S/C19H29N3O4/c1-14(21-18(24)26-19(2,3)4)11-22(12-15-6-5-8-20-10-15)17(23)16-7-9-25-13-16/h5-6,8,10,14,16H,7,9,11-13H2,1-4H3,(H,21,24)/t14-,16-/m1/s1. The number of nitrogens with one attached hydrogen (secondary N) is 1. The Hall–Kier alpha value is -2.15. The molecule has 26 heavy (non-hydrogen) atoms. The average Bonchev–Trinajstić information content (AvgIpc) is 3.07. The van der Waals surface area contributed by atoms with E-state index in [1.807, 2.05) is 39.8 Å². The van der Waals surface area contributed by atoms with Gasteiger partial charge in [-0.05, 0) is 45.7 Å². The van der Waals surface area contributed by atoms with Gasteiger partial charge in [0, 0.05) is 38.1 Å². The molecule has 0 saturated carbocycles. The molecule has 2 amide bonds. The van der Waals surface area contributed by atoms with Crippen LogP contribution in [0.15, 0.2) is 24.5 Å². The topological polar surface area (TPSA) is 80.8 Å². The molecular formula is C19H29N3O4. The van der Waals surface area contributed by atoms with Gasteiger partial charge < -0.3 is 19.7 Å². The van der Waals surface area contributed by atoms with E-state index in [1.54, 1.807) is 17.3 Å². The number of carbonyl (C=O) groups excluding carboxylic acids is 2. The average molecular weight is 363 g/mol. The van der Waals surface area contributed by atoms with E-state index in [0.717, 1.165) is 12.0 Å². The van der Waals surface area contributed by atoms with Crippen LogP contribution in [0.4, 0.5) is 4.79 Å². The molecule has 2 rings (SSSR count). The molecule has 2 heterocycles. The number of amides is 2. The first-order valence-electron chi connectivity index (χ1n) is 8.99. The summed E-state index contributed by atoms with van der Waals surface area (Å²) in [4.78, 5) is 30.7. The Morgan fingerprint density at radius 3 is 2.81 bits per heavy atom. The lowest BCUT2D eigenvalue weighted by Gasteiger charge is -2.29. The van der Waals surface area contributed by atoms with Crippen LogP contribution in [-0.2, 0) is 20.8 Å². The molecule has 0 spiro atoms. The molecule has 1 aliphatic rings. The van der Waals surface area contributed by atoms with Crippen molar-refractivity contribution < 1.29 is 19.1 Å². The molecular weight excluding hydrogens is 334 g/mol. The van der Waals surface area contributed by atoms with Crippen LogP contribution in [0.3, 0.4) is 0 Å². The monoisotopic (exact) mass is 363 g/mol. The third-order valence-electron chi connectivity index (χ3n) is 3.94. The predicted octanol–water partition coefficient (Wildman–Crippen LogP) is 2.36. The zero-order chi connectivity index (χ0) is 19.2. The van der Waals surface area contributed by atoms with Gasteiger partial charge in [-0.1, -0.05) is 6.07 Å². The third kappa shape index (κ3) is 6.63. The minimum atomic E-state index is -0.559. The summed E-state index contributed by atoms with van der Waals surface area (Å²) in [5.74, 6) is -0.0791. The molecule has 144 valence electrons. The molecule has 1 fully saturated rings. The first-order chi connectivity index (χ1) is 12.2. The molecule has 0 unspecified atom stereocenters.